The van der Waals surface area contributed by atoms with Crippen molar-refractivity contribution in [3.05, 3.63) is 48.0 Å². The van der Waals surface area contributed by atoms with Crippen molar-refractivity contribution in [3.8, 4) is 28.5 Å². The molecule has 0 bridgehead atoms. The minimum Gasteiger partial charge on any atom is -0.545 e. The van der Waals surface area contributed by atoms with Gasteiger partial charge in [0.1, 0.15) is 11.3 Å². The van der Waals surface area contributed by atoms with Gasteiger partial charge in [0.25, 0.3) is 0 Å². The average molecular weight is 338 g/mol. The summed E-state index contributed by atoms with van der Waals surface area (Å²) in [6, 6.07) is 11.9. The van der Waals surface area contributed by atoms with Crippen LogP contribution in [0.3, 0.4) is 0 Å². The van der Waals surface area contributed by atoms with Crippen LogP contribution >= 0.6 is 0 Å². The molecule has 25 heavy (non-hydrogen) atoms. The molecule has 0 aliphatic rings. The number of hydrogen-bond donors (Lipinski definition) is 0. The zero-order chi connectivity index (χ0) is 18.0. The summed E-state index contributed by atoms with van der Waals surface area (Å²) in [6.07, 6.45) is 0. The van der Waals surface area contributed by atoms with Crippen LogP contribution in [0.25, 0.3) is 22.2 Å². The molecule has 3 aromatic rings. The first-order valence-electron chi connectivity index (χ1n) is 7.51. The molecule has 0 aliphatic carbocycles. The molecule has 0 amide bonds. The molecule has 0 atom stereocenters. The van der Waals surface area contributed by atoms with E-state index in [-0.39, 0.29) is 5.56 Å². The first kappa shape index (κ1) is 16.6. The maximum absolute atomic E-state index is 11.6. The molecule has 2 aromatic carbocycles. The maximum Gasteiger partial charge on any atom is 0.170 e. The van der Waals surface area contributed by atoms with E-state index in [2.05, 4.69) is 4.98 Å². The third-order valence-electron chi connectivity index (χ3n) is 3.92. The molecule has 6 heteroatoms. The summed E-state index contributed by atoms with van der Waals surface area (Å²) >= 11 is 0. The third-order valence-corrected chi connectivity index (χ3v) is 3.92. The van der Waals surface area contributed by atoms with E-state index in [4.69, 9.17) is 14.2 Å². The molecule has 128 valence electrons. The molecule has 0 saturated carbocycles. The topological polar surface area (TPSA) is 80.7 Å². The first-order valence-corrected chi connectivity index (χ1v) is 7.51. The Morgan fingerprint density at radius 1 is 0.960 bits per heavy atom. The summed E-state index contributed by atoms with van der Waals surface area (Å²) in [4.78, 5) is 16.2. The van der Waals surface area contributed by atoms with Crippen molar-refractivity contribution in [3.63, 3.8) is 0 Å². The highest BCUT2D eigenvalue weighted by Crippen LogP contribution is 2.39. The number of para-hydroxylation sites is 2. The molecule has 6 nitrogen and oxygen atoms in total. The fourth-order valence-corrected chi connectivity index (χ4v) is 2.78. The van der Waals surface area contributed by atoms with Crippen molar-refractivity contribution >= 4 is 16.9 Å². The Morgan fingerprint density at radius 3 is 2.28 bits per heavy atom. The standard InChI is InChI=1S/C19H17NO5/c1-23-15-8-4-6-11-13(19(21)22)10-14(20-17(11)15)12-7-5-9-16(24-2)18(12)25-3/h4-10H,1-3H3,(H,21,22)/p-1. The number of benzene rings is 2. The number of carboxylic acids is 1. The van der Waals surface area contributed by atoms with Gasteiger partial charge in [-0.2, -0.15) is 0 Å². The maximum atomic E-state index is 11.6. The second-order valence-electron chi connectivity index (χ2n) is 5.24. The highest BCUT2D eigenvalue weighted by atomic mass is 16.5. The van der Waals surface area contributed by atoms with Crippen molar-refractivity contribution in [1.82, 2.24) is 4.98 Å². The van der Waals surface area contributed by atoms with E-state index in [1.807, 2.05) is 0 Å². The number of carbonyl (C=O) groups excluding carboxylic acids is 1. The molecular formula is C19H16NO5-. The number of hydrogen-bond acceptors (Lipinski definition) is 6. The van der Waals surface area contributed by atoms with Crippen LogP contribution in [-0.4, -0.2) is 32.3 Å². The van der Waals surface area contributed by atoms with E-state index in [9.17, 15) is 9.90 Å². The van der Waals surface area contributed by atoms with Gasteiger partial charge in [0.2, 0.25) is 0 Å². The molecule has 3 rings (SSSR count). The largest absolute Gasteiger partial charge is 0.545 e. The Kier molecular flexibility index (Phi) is 4.43. The van der Waals surface area contributed by atoms with Gasteiger partial charge in [-0.15, -0.1) is 0 Å². The molecule has 0 aliphatic heterocycles. The lowest BCUT2D eigenvalue weighted by Crippen LogP contribution is -2.22. The summed E-state index contributed by atoms with van der Waals surface area (Å²) in [7, 11) is 4.56. The van der Waals surface area contributed by atoms with Crippen molar-refractivity contribution < 1.29 is 24.1 Å². The number of methoxy groups -OCH3 is 3. The van der Waals surface area contributed by atoms with E-state index in [1.165, 1.54) is 27.4 Å². The van der Waals surface area contributed by atoms with Gasteiger partial charge >= 0.3 is 0 Å². The number of carbonyl (C=O) groups is 1. The Hall–Kier alpha value is -3.28. The number of nitrogens with zero attached hydrogens (tertiary/aromatic N) is 1. The lowest BCUT2D eigenvalue weighted by molar-refractivity contribution is -0.254. The van der Waals surface area contributed by atoms with Crippen LogP contribution < -0.4 is 19.3 Å². The molecule has 0 saturated heterocycles. The van der Waals surface area contributed by atoms with Crippen LogP contribution in [0.5, 0.6) is 17.2 Å². The van der Waals surface area contributed by atoms with Crippen molar-refractivity contribution in [2.75, 3.05) is 21.3 Å². The average Bonchev–Trinajstić information content (AvgIpc) is 2.65. The molecule has 0 N–H and O–H groups in total. The van der Waals surface area contributed by atoms with Gasteiger partial charge in [-0.25, -0.2) is 4.98 Å². The summed E-state index contributed by atoms with van der Waals surface area (Å²) in [5.74, 6) is 0.181. The van der Waals surface area contributed by atoms with Gasteiger partial charge in [-0.05, 0) is 24.3 Å². The minimum atomic E-state index is -1.29. The zero-order valence-electron chi connectivity index (χ0n) is 14.0. The number of carboxylic acid groups (broad SMARTS) is 1. The highest BCUT2D eigenvalue weighted by Gasteiger charge is 2.16. The van der Waals surface area contributed by atoms with Crippen molar-refractivity contribution in [2.24, 2.45) is 0 Å². The number of ether oxygens (including phenoxy) is 3. The molecular weight excluding hydrogens is 322 g/mol. The molecule has 0 fully saturated rings. The first-order chi connectivity index (χ1) is 12.1. The Morgan fingerprint density at radius 2 is 1.64 bits per heavy atom. The van der Waals surface area contributed by atoms with Gasteiger partial charge in [0.15, 0.2) is 11.5 Å². The Balaban J connectivity index is 2.37. The number of aromatic carboxylic acids is 1. The lowest BCUT2D eigenvalue weighted by atomic mass is 10.0. The normalized spacial score (nSPS) is 10.5. The van der Waals surface area contributed by atoms with E-state index in [0.717, 1.165) is 0 Å². The van der Waals surface area contributed by atoms with Crippen molar-refractivity contribution in [2.45, 2.75) is 0 Å². The number of rotatable bonds is 5. The van der Waals surface area contributed by atoms with Crippen LogP contribution in [-0.2, 0) is 0 Å². The lowest BCUT2D eigenvalue weighted by Gasteiger charge is -2.15. The molecule has 1 heterocycles. The Bertz CT molecular complexity index is 952. The van der Waals surface area contributed by atoms with E-state index >= 15 is 0 Å². The van der Waals surface area contributed by atoms with Crippen LogP contribution in [0.15, 0.2) is 42.5 Å². The quantitative estimate of drug-likeness (QED) is 0.710. The van der Waals surface area contributed by atoms with E-state index < -0.39 is 5.97 Å². The van der Waals surface area contributed by atoms with E-state index in [1.54, 1.807) is 36.4 Å². The second-order valence-corrected chi connectivity index (χ2v) is 5.24. The van der Waals surface area contributed by atoms with Crippen LogP contribution in [0.1, 0.15) is 10.4 Å². The fourth-order valence-electron chi connectivity index (χ4n) is 2.78. The second kappa shape index (κ2) is 6.68. The molecule has 0 spiro atoms. The minimum absolute atomic E-state index is 0.0313. The van der Waals surface area contributed by atoms with Crippen LogP contribution in [0.2, 0.25) is 0 Å². The molecule has 0 unspecified atom stereocenters. The molecule has 1 aromatic heterocycles. The third kappa shape index (κ3) is 2.82. The summed E-state index contributed by atoms with van der Waals surface area (Å²) in [6.45, 7) is 0. The van der Waals surface area contributed by atoms with Gasteiger partial charge in [-0.1, -0.05) is 18.2 Å². The zero-order valence-corrected chi connectivity index (χ0v) is 14.0. The summed E-state index contributed by atoms with van der Waals surface area (Å²) in [5.41, 5.74) is 1.50. The smallest absolute Gasteiger partial charge is 0.170 e. The number of aromatic nitrogens is 1. The fraction of sp³-hybridized carbons (Fsp3) is 0.158. The SMILES string of the molecule is COc1cccc(-c2cc(C(=O)[O-])c3cccc(OC)c3n2)c1OC. The predicted molar refractivity (Wildman–Crippen MR) is 91.2 cm³/mol. The van der Waals surface area contributed by atoms with Crippen LogP contribution in [0.4, 0.5) is 0 Å². The predicted octanol–water partition coefficient (Wildman–Crippen LogP) is 2.29. The number of fused-ring (bicyclic) bond motifs is 1. The monoisotopic (exact) mass is 338 g/mol. The van der Waals surface area contributed by atoms with Gasteiger partial charge in [0, 0.05) is 16.5 Å². The van der Waals surface area contributed by atoms with Gasteiger partial charge < -0.3 is 24.1 Å². The molecule has 0 radical (unpaired) electrons. The van der Waals surface area contributed by atoms with Gasteiger partial charge in [0.05, 0.1) is 33.0 Å². The van der Waals surface area contributed by atoms with Crippen LogP contribution in [0, 0.1) is 0 Å². The van der Waals surface area contributed by atoms with Gasteiger partial charge in [-0.3, -0.25) is 0 Å². The summed E-state index contributed by atoms with van der Waals surface area (Å²) in [5, 5.41) is 12.1. The highest BCUT2D eigenvalue weighted by molar-refractivity contribution is 6.04. The van der Waals surface area contributed by atoms with Crippen molar-refractivity contribution in [1.29, 1.82) is 0 Å². The van der Waals surface area contributed by atoms with E-state index in [0.29, 0.717) is 39.4 Å². The Labute approximate surface area is 144 Å². The number of pyridine rings is 1. The summed E-state index contributed by atoms with van der Waals surface area (Å²) < 4.78 is 16.1.